The second-order valence-corrected chi connectivity index (χ2v) is 5.80. The first kappa shape index (κ1) is 14.6. The van der Waals surface area contributed by atoms with Gasteiger partial charge in [-0.25, -0.2) is 8.42 Å². The lowest BCUT2D eigenvalue weighted by atomic mass is 10.4. The summed E-state index contributed by atoms with van der Waals surface area (Å²) in [6, 6.07) is 2.62. The number of esters is 1. The number of pyridine rings is 1. The quantitative estimate of drug-likeness (QED) is 0.736. The van der Waals surface area contributed by atoms with E-state index in [1.807, 2.05) is 0 Å². The van der Waals surface area contributed by atoms with Crippen molar-refractivity contribution in [3.8, 4) is 0 Å². The highest BCUT2D eigenvalue weighted by atomic mass is 32.2. The van der Waals surface area contributed by atoms with Crippen molar-refractivity contribution in [2.45, 2.75) is 24.8 Å². The fourth-order valence-corrected chi connectivity index (χ4v) is 2.92. The SMILES string of the molecule is COC(=O)CN(C(C)C)S(=O)(=O)c1cccnc1. The molecule has 6 nitrogen and oxygen atoms in total. The number of carbonyl (C=O) groups excluding carboxylic acids is 1. The zero-order valence-electron chi connectivity index (χ0n) is 10.5. The summed E-state index contributed by atoms with van der Waals surface area (Å²) in [5.74, 6) is -0.601. The van der Waals surface area contributed by atoms with E-state index in [9.17, 15) is 13.2 Å². The molecule has 0 saturated carbocycles. The normalized spacial score (nSPS) is 11.8. The van der Waals surface area contributed by atoms with Crippen LogP contribution in [0.4, 0.5) is 0 Å². The Morgan fingerprint density at radius 3 is 2.61 bits per heavy atom. The molecule has 0 spiro atoms. The van der Waals surface area contributed by atoms with E-state index in [-0.39, 0.29) is 17.5 Å². The molecule has 0 amide bonds. The fourth-order valence-electron chi connectivity index (χ4n) is 1.37. The van der Waals surface area contributed by atoms with Gasteiger partial charge in [0.1, 0.15) is 11.4 Å². The smallest absolute Gasteiger partial charge is 0.321 e. The maximum absolute atomic E-state index is 12.3. The maximum Gasteiger partial charge on any atom is 0.321 e. The van der Waals surface area contributed by atoms with E-state index in [2.05, 4.69) is 9.72 Å². The van der Waals surface area contributed by atoms with Crippen molar-refractivity contribution in [2.24, 2.45) is 0 Å². The van der Waals surface area contributed by atoms with Crippen LogP contribution in [0.1, 0.15) is 13.8 Å². The summed E-state index contributed by atoms with van der Waals surface area (Å²) >= 11 is 0. The first-order chi connectivity index (χ1) is 8.39. The summed E-state index contributed by atoms with van der Waals surface area (Å²) in [6.45, 7) is 3.07. The average molecular weight is 272 g/mol. The molecule has 100 valence electrons. The third-order valence-electron chi connectivity index (χ3n) is 2.33. The number of hydrogen-bond acceptors (Lipinski definition) is 5. The number of aromatic nitrogens is 1. The highest BCUT2D eigenvalue weighted by molar-refractivity contribution is 7.89. The number of nitrogens with zero attached hydrogens (tertiary/aromatic N) is 2. The van der Waals surface area contributed by atoms with E-state index in [1.165, 1.54) is 31.6 Å². The molecule has 18 heavy (non-hydrogen) atoms. The van der Waals surface area contributed by atoms with E-state index in [0.29, 0.717) is 0 Å². The summed E-state index contributed by atoms with van der Waals surface area (Å²) < 4.78 is 30.2. The molecule has 0 atom stereocenters. The number of methoxy groups -OCH3 is 1. The summed E-state index contributed by atoms with van der Waals surface area (Å²) in [4.78, 5) is 15.1. The van der Waals surface area contributed by atoms with Crippen molar-refractivity contribution < 1.29 is 17.9 Å². The Balaban J connectivity index is 3.10. The first-order valence-corrected chi connectivity index (χ1v) is 6.82. The lowest BCUT2D eigenvalue weighted by Crippen LogP contribution is -2.41. The molecule has 0 saturated heterocycles. The minimum absolute atomic E-state index is 0.0580. The van der Waals surface area contributed by atoms with E-state index in [0.717, 1.165) is 4.31 Å². The third kappa shape index (κ3) is 3.27. The van der Waals surface area contributed by atoms with Crippen molar-refractivity contribution in [1.29, 1.82) is 0 Å². The van der Waals surface area contributed by atoms with Crippen molar-refractivity contribution in [3.63, 3.8) is 0 Å². The molecule has 0 N–H and O–H groups in total. The number of carbonyl (C=O) groups is 1. The molecule has 1 heterocycles. The molecule has 1 aromatic rings. The fraction of sp³-hybridized carbons (Fsp3) is 0.455. The molecular formula is C11H16N2O4S. The highest BCUT2D eigenvalue weighted by Crippen LogP contribution is 2.16. The van der Waals surface area contributed by atoms with Gasteiger partial charge in [-0.1, -0.05) is 0 Å². The van der Waals surface area contributed by atoms with E-state index >= 15 is 0 Å². The first-order valence-electron chi connectivity index (χ1n) is 5.38. The van der Waals surface area contributed by atoms with Crippen molar-refractivity contribution in [1.82, 2.24) is 9.29 Å². The molecule has 0 aliphatic carbocycles. The Morgan fingerprint density at radius 2 is 2.17 bits per heavy atom. The van der Waals surface area contributed by atoms with Crippen LogP contribution in [0.3, 0.4) is 0 Å². The van der Waals surface area contributed by atoms with E-state index in [1.54, 1.807) is 13.8 Å². The number of hydrogen-bond donors (Lipinski definition) is 0. The van der Waals surface area contributed by atoms with Crippen LogP contribution in [0, 0.1) is 0 Å². The molecule has 1 aromatic heterocycles. The van der Waals surface area contributed by atoms with Crippen LogP contribution in [-0.4, -0.2) is 43.4 Å². The topological polar surface area (TPSA) is 76.6 Å². The number of rotatable bonds is 5. The van der Waals surface area contributed by atoms with Crippen LogP contribution in [-0.2, 0) is 19.6 Å². The zero-order chi connectivity index (χ0) is 13.8. The maximum atomic E-state index is 12.3. The molecular weight excluding hydrogens is 256 g/mol. The van der Waals surface area contributed by atoms with Gasteiger partial charge in [0.05, 0.1) is 7.11 Å². The second kappa shape index (κ2) is 5.92. The van der Waals surface area contributed by atoms with Crippen molar-refractivity contribution in [2.75, 3.05) is 13.7 Å². The zero-order valence-corrected chi connectivity index (χ0v) is 11.3. The van der Waals surface area contributed by atoms with Gasteiger partial charge in [0.15, 0.2) is 0 Å². The minimum atomic E-state index is -3.74. The summed E-state index contributed by atoms with van der Waals surface area (Å²) in [6.07, 6.45) is 2.74. The van der Waals surface area contributed by atoms with Gasteiger partial charge in [0.2, 0.25) is 10.0 Å². The van der Waals surface area contributed by atoms with Crippen LogP contribution in [0.5, 0.6) is 0 Å². The van der Waals surface area contributed by atoms with Crippen LogP contribution in [0.15, 0.2) is 29.4 Å². The van der Waals surface area contributed by atoms with Gasteiger partial charge in [-0.3, -0.25) is 9.78 Å². The van der Waals surface area contributed by atoms with Gasteiger partial charge >= 0.3 is 5.97 Å². The Hall–Kier alpha value is -1.47. The van der Waals surface area contributed by atoms with E-state index < -0.39 is 16.0 Å². The lowest BCUT2D eigenvalue weighted by Gasteiger charge is -2.24. The summed E-state index contributed by atoms with van der Waals surface area (Å²) in [5, 5.41) is 0. The van der Waals surface area contributed by atoms with Crippen molar-refractivity contribution >= 4 is 16.0 Å². The summed E-state index contributed by atoms with van der Waals surface area (Å²) in [5.41, 5.74) is 0. The molecule has 0 unspecified atom stereocenters. The van der Waals surface area contributed by atoms with Crippen molar-refractivity contribution in [3.05, 3.63) is 24.5 Å². The Morgan fingerprint density at radius 1 is 1.50 bits per heavy atom. The predicted octanol–water partition coefficient (Wildman–Crippen LogP) is 0.654. The van der Waals surface area contributed by atoms with Crippen LogP contribution in [0.25, 0.3) is 0 Å². The van der Waals surface area contributed by atoms with Gasteiger partial charge in [-0.2, -0.15) is 4.31 Å². The van der Waals surface area contributed by atoms with Gasteiger partial charge in [0.25, 0.3) is 0 Å². The lowest BCUT2D eigenvalue weighted by molar-refractivity contribution is -0.141. The average Bonchev–Trinajstić information content (AvgIpc) is 2.36. The number of ether oxygens (including phenoxy) is 1. The molecule has 1 rings (SSSR count). The van der Waals surface area contributed by atoms with Gasteiger partial charge in [0, 0.05) is 18.4 Å². The molecule has 0 fully saturated rings. The Kier molecular flexibility index (Phi) is 4.80. The summed E-state index contributed by atoms with van der Waals surface area (Å²) in [7, 11) is -2.52. The van der Waals surface area contributed by atoms with Crippen LogP contribution >= 0.6 is 0 Å². The van der Waals surface area contributed by atoms with Gasteiger partial charge in [-0.15, -0.1) is 0 Å². The molecule has 0 aliphatic rings. The third-order valence-corrected chi connectivity index (χ3v) is 4.33. The monoisotopic (exact) mass is 272 g/mol. The highest BCUT2D eigenvalue weighted by Gasteiger charge is 2.29. The minimum Gasteiger partial charge on any atom is -0.468 e. The molecule has 0 aromatic carbocycles. The Labute approximate surface area is 107 Å². The van der Waals surface area contributed by atoms with E-state index in [4.69, 9.17) is 0 Å². The predicted molar refractivity (Wildman–Crippen MR) is 65.3 cm³/mol. The largest absolute Gasteiger partial charge is 0.468 e. The van der Waals surface area contributed by atoms with Gasteiger partial charge < -0.3 is 4.74 Å². The Bertz CT molecular complexity index is 499. The molecule has 7 heteroatoms. The standard InChI is InChI=1S/C11H16N2O4S/c1-9(2)13(8-11(14)17-3)18(15,16)10-5-4-6-12-7-10/h4-7,9H,8H2,1-3H3. The molecule has 0 radical (unpaired) electrons. The van der Waals surface area contributed by atoms with Crippen LogP contribution < -0.4 is 0 Å². The van der Waals surface area contributed by atoms with Crippen LogP contribution in [0.2, 0.25) is 0 Å². The van der Waals surface area contributed by atoms with Gasteiger partial charge in [-0.05, 0) is 26.0 Å². The second-order valence-electron chi connectivity index (χ2n) is 3.91. The molecule has 0 bridgehead atoms. The number of sulfonamides is 1. The molecule has 0 aliphatic heterocycles.